The van der Waals surface area contributed by atoms with Crippen molar-refractivity contribution < 1.29 is 4.79 Å². The summed E-state index contributed by atoms with van der Waals surface area (Å²) in [6.07, 6.45) is 0. The molecule has 0 aliphatic carbocycles. The van der Waals surface area contributed by atoms with E-state index in [1.807, 2.05) is 0 Å². The second-order valence-electron chi connectivity index (χ2n) is 3.09. The Bertz CT molecular complexity index is 106. The molecule has 0 aliphatic rings. The summed E-state index contributed by atoms with van der Waals surface area (Å²) in [5, 5.41) is 0. The molecule has 9 heavy (non-hydrogen) atoms. The topological polar surface area (TPSA) is 17.1 Å². The third kappa shape index (κ3) is 8.31. The van der Waals surface area contributed by atoms with Crippen molar-refractivity contribution in [2.45, 2.75) is 20.8 Å². The van der Waals surface area contributed by atoms with Gasteiger partial charge in [0, 0.05) is 5.75 Å². The molecule has 0 saturated carbocycles. The van der Waals surface area contributed by atoms with E-state index in [0.29, 0.717) is 0 Å². The quantitative estimate of drug-likeness (QED) is 0.557. The fourth-order valence-corrected chi connectivity index (χ4v) is 0.983. The van der Waals surface area contributed by atoms with Gasteiger partial charge >= 0.3 is 0 Å². The van der Waals surface area contributed by atoms with Gasteiger partial charge in [-0.25, -0.2) is 0 Å². The smallest absolute Gasteiger partial charge is 0.268 e. The standard InChI is InChI=1S/C6H11ClOS/c1-6(2,3)4-9-5(7)8/h4H2,1-3H3. The molecule has 0 heterocycles. The minimum Gasteiger partial charge on any atom is -0.268 e. The zero-order valence-electron chi connectivity index (χ0n) is 5.90. The van der Waals surface area contributed by atoms with Crippen LogP contribution in [0.25, 0.3) is 0 Å². The van der Waals surface area contributed by atoms with E-state index in [1.165, 1.54) is 0 Å². The molecule has 0 bridgehead atoms. The molecule has 3 heteroatoms. The normalized spacial score (nSPS) is 11.6. The first-order valence-electron chi connectivity index (χ1n) is 2.74. The van der Waals surface area contributed by atoms with E-state index in [2.05, 4.69) is 20.8 Å². The highest BCUT2D eigenvalue weighted by Gasteiger charge is 2.11. The Balaban J connectivity index is 3.39. The van der Waals surface area contributed by atoms with Gasteiger partial charge in [0.25, 0.3) is 4.57 Å². The number of thioether (sulfide) groups is 1. The molecule has 1 nitrogen and oxygen atoms in total. The molecule has 0 aromatic rings. The second kappa shape index (κ2) is 3.47. The fraction of sp³-hybridized carbons (Fsp3) is 0.833. The first-order chi connectivity index (χ1) is 3.92. The Morgan fingerprint density at radius 2 is 2.00 bits per heavy atom. The molecule has 0 radical (unpaired) electrons. The van der Waals surface area contributed by atoms with Gasteiger partial charge in [0.05, 0.1) is 0 Å². The van der Waals surface area contributed by atoms with E-state index in [-0.39, 0.29) is 9.99 Å². The number of carbonyl (C=O) groups is 1. The van der Waals surface area contributed by atoms with Crippen molar-refractivity contribution in [3.63, 3.8) is 0 Å². The van der Waals surface area contributed by atoms with E-state index in [9.17, 15) is 4.79 Å². The number of hydrogen-bond donors (Lipinski definition) is 0. The van der Waals surface area contributed by atoms with Crippen LogP contribution < -0.4 is 0 Å². The van der Waals surface area contributed by atoms with Gasteiger partial charge in [-0.05, 0) is 17.0 Å². The summed E-state index contributed by atoms with van der Waals surface area (Å²) in [7, 11) is 0. The molecule has 0 N–H and O–H groups in total. The lowest BCUT2D eigenvalue weighted by Gasteiger charge is -2.14. The van der Waals surface area contributed by atoms with Crippen molar-refractivity contribution in [1.82, 2.24) is 0 Å². The molecule has 0 unspecified atom stereocenters. The van der Waals surface area contributed by atoms with Crippen LogP contribution in [0, 0.1) is 5.41 Å². The SMILES string of the molecule is CC(C)(C)CSC(=O)Cl. The molecule has 0 fully saturated rings. The maximum Gasteiger partial charge on any atom is 0.279 e. The monoisotopic (exact) mass is 166 g/mol. The highest BCUT2D eigenvalue weighted by atomic mass is 35.5. The minimum atomic E-state index is -0.315. The van der Waals surface area contributed by atoms with Crippen LogP contribution in [-0.4, -0.2) is 10.3 Å². The van der Waals surface area contributed by atoms with Crippen LogP contribution in [-0.2, 0) is 0 Å². The highest BCUT2D eigenvalue weighted by molar-refractivity contribution is 8.16. The van der Waals surface area contributed by atoms with Gasteiger partial charge in [-0.15, -0.1) is 0 Å². The lowest BCUT2D eigenvalue weighted by Crippen LogP contribution is -2.08. The van der Waals surface area contributed by atoms with Crippen molar-refractivity contribution in [2.24, 2.45) is 5.41 Å². The number of hydrogen-bond acceptors (Lipinski definition) is 2. The van der Waals surface area contributed by atoms with Crippen LogP contribution >= 0.6 is 23.4 Å². The van der Waals surface area contributed by atoms with Crippen LogP contribution in [0.5, 0.6) is 0 Å². The van der Waals surface area contributed by atoms with Gasteiger partial charge in [0.15, 0.2) is 0 Å². The second-order valence-corrected chi connectivity index (χ2v) is 4.60. The summed E-state index contributed by atoms with van der Waals surface area (Å²) in [6, 6.07) is 0. The van der Waals surface area contributed by atoms with Gasteiger partial charge in [-0.3, -0.25) is 4.79 Å². The van der Waals surface area contributed by atoms with Crippen molar-refractivity contribution in [2.75, 3.05) is 5.75 Å². The molecule has 0 rings (SSSR count). The van der Waals surface area contributed by atoms with Gasteiger partial charge in [0.2, 0.25) is 0 Å². The van der Waals surface area contributed by atoms with Crippen LogP contribution in [0.4, 0.5) is 4.79 Å². The fourth-order valence-electron chi connectivity index (χ4n) is 0.273. The average Bonchev–Trinajstić information content (AvgIpc) is 1.59. The summed E-state index contributed by atoms with van der Waals surface area (Å²) < 4.78 is -0.315. The Morgan fingerprint density at radius 3 is 2.11 bits per heavy atom. The zero-order chi connectivity index (χ0) is 7.49. The maximum atomic E-state index is 10.2. The Hall–Kier alpha value is 0.310. The third-order valence-corrected chi connectivity index (χ3v) is 2.18. The first-order valence-corrected chi connectivity index (χ1v) is 4.10. The third-order valence-electron chi connectivity index (χ3n) is 0.619. The van der Waals surface area contributed by atoms with E-state index in [0.717, 1.165) is 17.5 Å². The molecular formula is C6H11ClOS. The van der Waals surface area contributed by atoms with Crippen LogP contribution in [0.3, 0.4) is 0 Å². The van der Waals surface area contributed by atoms with Crippen LogP contribution in [0.15, 0.2) is 0 Å². The van der Waals surface area contributed by atoms with Crippen molar-refractivity contribution in [3.05, 3.63) is 0 Å². The summed E-state index contributed by atoms with van der Waals surface area (Å²) in [5.41, 5.74) is 0.190. The van der Waals surface area contributed by atoms with Crippen molar-refractivity contribution in [1.29, 1.82) is 0 Å². The number of halogens is 1. The van der Waals surface area contributed by atoms with E-state index < -0.39 is 0 Å². The molecule has 0 aromatic carbocycles. The predicted octanol–water partition coefficient (Wildman–Crippen LogP) is 3.12. The van der Waals surface area contributed by atoms with Gasteiger partial charge < -0.3 is 0 Å². The van der Waals surface area contributed by atoms with Crippen LogP contribution in [0.2, 0.25) is 0 Å². The summed E-state index contributed by atoms with van der Waals surface area (Å²) >= 11 is 6.27. The number of rotatable bonds is 1. The Kier molecular flexibility index (Phi) is 3.59. The first kappa shape index (κ1) is 9.31. The molecule has 0 aromatic heterocycles. The van der Waals surface area contributed by atoms with Gasteiger partial charge in [-0.2, -0.15) is 0 Å². The Labute approximate surface area is 65.2 Å². The summed E-state index contributed by atoms with van der Waals surface area (Å²) in [6.45, 7) is 6.21. The molecule has 0 spiro atoms. The zero-order valence-corrected chi connectivity index (χ0v) is 7.47. The van der Waals surface area contributed by atoms with Crippen LogP contribution in [0.1, 0.15) is 20.8 Å². The molecule has 0 aliphatic heterocycles. The van der Waals surface area contributed by atoms with Crippen molar-refractivity contribution in [3.8, 4) is 0 Å². The minimum absolute atomic E-state index is 0.190. The molecule has 0 saturated heterocycles. The molecule has 0 atom stereocenters. The summed E-state index contributed by atoms with van der Waals surface area (Å²) in [5.74, 6) is 0.787. The maximum absolute atomic E-state index is 10.2. The average molecular weight is 167 g/mol. The lowest BCUT2D eigenvalue weighted by molar-refractivity contribution is 0.275. The molecular weight excluding hydrogens is 156 g/mol. The lowest BCUT2D eigenvalue weighted by atomic mass is 10.0. The van der Waals surface area contributed by atoms with Crippen molar-refractivity contribution >= 4 is 27.9 Å². The highest BCUT2D eigenvalue weighted by Crippen LogP contribution is 2.21. The van der Waals surface area contributed by atoms with E-state index in [4.69, 9.17) is 11.6 Å². The van der Waals surface area contributed by atoms with Gasteiger partial charge in [-0.1, -0.05) is 32.5 Å². The summed E-state index contributed by atoms with van der Waals surface area (Å²) in [4.78, 5) is 10.2. The molecule has 0 amide bonds. The van der Waals surface area contributed by atoms with E-state index in [1.54, 1.807) is 0 Å². The van der Waals surface area contributed by atoms with Gasteiger partial charge in [0.1, 0.15) is 0 Å². The molecule has 54 valence electrons. The Morgan fingerprint density at radius 1 is 1.56 bits per heavy atom. The largest absolute Gasteiger partial charge is 0.279 e. The predicted molar refractivity (Wildman–Crippen MR) is 43.2 cm³/mol. The van der Waals surface area contributed by atoms with E-state index >= 15 is 0 Å². The number of carbonyl (C=O) groups excluding carboxylic acids is 1.